The molecule has 1 heterocycles. The first-order chi connectivity index (χ1) is 12.6. The van der Waals surface area contributed by atoms with Crippen LogP contribution in [0.4, 0.5) is 11.5 Å². The highest BCUT2D eigenvalue weighted by atomic mass is 16.2. The second-order valence-electron chi connectivity index (χ2n) is 6.05. The minimum Gasteiger partial charge on any atom is -0.370 e. The first-order valence-corrected chi connectivity index (χ1v) is 8.60. The number of anilines is 2. The van der Waals surface area contributed by atoms with E-state index in [1.54, 1.807) is 24.9 Å². The van der Waals surface area contributed by atoms with Crippen molar-refractivity contribution in [3.05, 3.63) is 83.8 Å². The maximum Gasteiger partial charge on any atom is 0.276 e. The van der Waals surface area contributed by atoms with E-state index >= 15 is 0 Å². The summed E-state index contributed by atoms with van der Waals surface area (Å²) in [4.78, 5) is 23.0. The number of nitrogens with zero attached hydrogens (tertiary/aromatic N) is 3. The first-order valence-electron chi connectivity index (χ1n) is 8.60. The molecule has 26 heavy (non-hydrogen) atoms. The highest BCUT2D eigenvalue weighted by Crippen LogP contribution is 2.15. The third-order valence-corrected chi connectivity index (χ3v) is 4.07. The summed E-state index contributed by atoms with van der Waals surface area (Å²) >= 11 is 0. The lowest BCUT2D eigenvalue weighted by atomic mass is 10.1. The van der Waals surface area contributed by atoms with Crippen LogP contribution in [-0.4, -0.2) is 29.5 Å². The van der Waals surface area contributed by atoms with Crippen LogP contribution in [0.15, 0.2) is 66.7 Å². The number of hydrogen-bond acceptors (Lipinski definition) is 4. The molecule has 0 aliphatic heterocycles. The number of carbonyl (C=O) groups is 1. The molecule has 3 aromatic rings. The van der Waals surface area contributed by atoms with E-state index in [2.05, 4.69) is 27.4 Å². The predicted octanol–water partition coefficient (Wildman–Crippen LogP) is 3.72. The molecule has 5 nitrogen and oxygen atoms in total. The summed E-state index contributed by atoms with van der Waals surface area (Å²) in [6, 6.07) is 21.5. The molecule has 0 radical (unpaired) electrons. The zero-order valence-electron chi connectivity index (χ0n) is 15.0. The van der Waals surface area contributed by atoms with Crippen LogP contribution in [0.1, 0.15) is 21.9 Å². The number of aromatic nitrogens is 2. The Morgan fingerprint density at radius 2 is 1.65 bits per heavy atom. The van der Waals surface area contributed by atoms with Crippen molar-refractivity contribution in [2.24, 2.45) is 0 Å². The van der Waals surface area contributed by atoms with E-state index in [9.17, 15) is 4.79 Å². The summed E-state index contributed by atoms with van der Waals surface area (Å²) in [5, 5.41) is 3.29. The van der Waals surface area contributed by atoms with Gasteiger partial charge in [0.1, 0.15) is 17.3 Å². The van der Waals surface area contributed by atoms with Crippen molar-refractivity contribution in [1.82, 2.24) is 9.97 Å². The lowest BCUT2D eigenvalue weighted by Gasteiger charge is -2.17. The van der Waals surface area contributed by atoms with Gasteiger partial charge < -0.3 is 10.2 Å². The van der Waals surface area contributed by atoms with Gasteiger partial charge in [0, 0.05) is 25.3 Å². The number of carbonyl (C=O) groups excluding carboxylic acids is 1. The fourth-order valence-corrected chi connectivity index (χ4v) is 2.69. The normalized spacial score (nSPS) is 10.4. The smallest absolute Gasteiger partial charge is 0.276 e. The van der Waals surface area contributed by atoms with Gasteiger partial charge in [-0.3, -0.25) is 4.79 Å². The molecule has 0 saturated heterocycles. The topological polar surface area (TPSA) is 58.1 Å². The molecule has 0 atom stereocenters. The predicted molar refractivity (Wildman–Crippen MR) is 105 cm³/mol. The quantitative estimate of drug-likeness (QED) is 0.739. The van der Waals surface area contributed by atoms with E-state index in [1.165, 1.54) is 5.56 Å². The highest BCUT2D eigenvalue weighted by Gasteiger charge is 2.16. The number of hydrogen-bond donors (Lipinski definition) is 1. The van der Waals surface area contributed by atoms with Gasteiger partial charge in [0.05, 0.1) is 0 Å². The van der Waals surface area contributed by atoms with Gasteiger partial charge >= 0.3 is 0 Å². The van der Waals surface area contributed by atoms with E-state index in [0.717, 1.165) is 18.7 Å². The van der Waals surface area contributed by atoms with Gasteiger partial charge in [0.2, 0.25) is 0 Å². The van der Waals surface area contributed by atoms with Gasteiger partial charge in [0.15, 0.2) is 0 Å². The molecule has 132 valence electrons. The summed E-state index contributed by atoms with van der Waals surface area (Å²) in [6.07, 6.45) is 0.886. The average Bonchev–Trinajstić information content (AvgIpc) is 2.68. The summed E-state index contributed by atoms with van der Waals surface area (Å²) in [5.74, 6) is 1.07. The third kappa shape index (κ3) is 4.45. The molecular weight excluding hydrogens is 324 g/mol. The van der Waals surface area contributed by atoms with E-state index in [-0.39, 0.29) is 5.91 Å². The molecule has 1 amide bonds. The van der Waals surface area contributed by atoms with Gasteiger partial charge in [-0.15, -0.1) is 0 Å². The van der Waals surface area contributed by atoms with Crippen LogP contribution < -0.4 is 10.2 Å². The molecule has 3 rings (SSSR count). The van der Waals surface area contributed by atoms with Crippen molar-refractivity contribution in [3.8, 4) is 0 Å². The fourth-order valence-electron chi connectivity index (χ4n) is 2.69. The Kier molecular flexibility index (Phi) is 5.59. The Balaban J connectivity index is 1.70. The molecule has 1 N–H and O–H groups in total. The zero-order chi connectivity index (χ0) is 18.4. The van der Waals surface area contributed by atoms with Gasteiger partial charge in [-0.2, -0.15) is 0 Å². The highest BCUT2D eigenvalue weighted by molar-refractivity contribution is 6.04. The zero-order valence-corrected chi connectivity index (χ0v) is 15.0. The van der Waals surface area contributed by atoms with E-state index in [0.29, 0.717) is 17.3 Å². The van der Waals surface area contributed by atoms with Crippen molar-refractivity contribution in [2.75, 3.05) is 23.8 Å². The Hall–Kier alpha value is -3.21. The summed E-state index contributed by atoms with van der Waals surface area (Å²) in [7, 11) is 1.75. The molecule has 5 heteroatoms. The molecule has 0 spiro atoms. The Morgan fingerprint density at radius 3 is 2.35 bits per heavy atom. The van der Waals surface area contributed by atoms with E-state index in [1.807, 2.05) is 48.5 Å². The van der Waals surface area contributed by atoms with Gasteiger partial charge in [-0.25, -0.2) is 9.97 Å². The van der Waals surface area contributed by atoms with E-state index in [4.69, 9.17) is 0 Å². The van der Waals surface area contributed by atoms with Gasteiger partial charge in [-0.1, -0.05) is 48.5 Å². The first kappa shape index (κ1) is 17.6. The molecule has 0 aliphatic rings. The van der Waals surface area contributed by atoms with Crippen molar-refractivity contribution in [2.45, 2.75) is 13.3 Å². The largest absolute Gasteiger partial charge is 0.370 e. The van der Waals surface area contributed by atoms with Crippen LogP contribution in [-0.2, 0) is 6.42 Å². The number of para-hydroxylation sites is 1. The van der Waals surface area contributed by atoms with Gasteiger partial charge in [0.25, 0.3) is 5.91 Å². The monoisotopic (exact) mass is 346 g/mol. The number of amides is 1. The molecule has 1 aromatic heterocycles. The van der Waals surface area contributed by atoms with Crippen molar-refractivity contribution >= 4 is 17.4 Å². The number of rotatable bonds is 6. The molecule has 0 aliphatic carbocycles. The summed E-state index contributed by atoms with van der Waals surface area (Å²) in [5.41, 5.74) is 2.46. The molecular formula is C21H22N4O. The van der Waals surface area contributed by atoms with Crippen molar-refractivity contribution in [1.29, 1.82) is 0 Å². The summed E-state index contributed by atoms with van der Waals surface area (Å²) in [6.45, 7) is 2.53. The minimum absolute atomic E-state index is 0.159. The number of nitrogens with one attached hydrogen (secondary N) is 1. The van der Waals surface area contributed by atoms with E-state index < -0.39 is 0 Å². The van der Waals surface area contributed by atoms with Crippen LogP contribution in [0, 0.1) is 6.92 Å². The molecule has 0 saturated carbocycles. The second kappa shape index (κ2) is 8.25. The second-order valence-corrected chi connectivity index (χ2v) is 6.05. The molecule has 0 fully saturated rings. The lowest BCUT2D eigenvalue weighted by Crippen LogP contribution is -2.27. The minimum atomic E-state index is -0.159. The number of benzene rings is 2. The average molecular weight is 346 g/mol. The third-order valence-electron chi connectivity index (χ3n) is 4.07. The van der Waals surface area contributed by atoms with Crippen LogP contribution in [0.3, 0.4) is 0 Å². The Labute approximate surface area is 153 Å². The van der Waals surface area contributed by atoms with Crippen LogP contribution >= 0.6 is 0 Å². The Morgan fingerprint density at radius 1 is 1.00 bits per heavy atom. The number of aryl methyl sites for hydroxylation is 1. The van der Waals surface area contributed by atoms with Crippen LogP contribution in [0.25, 0.3) is 0 Å². The van der Waals surface area contributed by atoms with Crippen LogP contribution in [0.5, 0.6) is 0 Å². The van der Waals surface area contributed by atoms with Crippen LogP contribution in [0.2, 0.25) is 0 Å². The molecule has 2 aromatic carbocycles. The lowest BCUT2D eigenvalue weighted by molar-refractivity contribution is 0.0988. The maximum absolute atomic E-state index is 12.8. The standard InChI is InChI=1S/C21H22N4O/c1-16-23-19(21(26)25(2)18-11-7-4-8-12-18)15-20(24-16)22-14-13-17-9-5-3-6-10-17/h3-12,15H,13-14H2,1-2H3,(H,22,23,24). The molecule has 0 unspecified atom stereocenters. The maximum atomic E-state index is 12.8. The SMILES string of the molecule is Cc1nc(NCCc2ccccc2)cc(C(=O)N(C)c2ccccc2)n1. The Bertz CT molecular complexity index is 866. The van der Waals surface area contributed by atoms with Crippen molar-refractivity contribution < 1.29 is 4.79 Å². The van der Waals surface area contributed by atoms with Gasteiger partial charge in [-0.05, 0) is 31.0 Å². The fraction of sp³-hybridized carbons (Fsp3) is 0.190. The summed E-state index contributed by atoms with van der Waals surface area (Å²) < 4.78 is 0. The molecule has 0 bridgehead atoms. The van der Waals surface area contributed by atoms with Crippen molar-refractivity contribution in [3.63, 3.8) is 0 Å².